The Labute approximate surface area is 142 Å². The van der Waals surface area contributed by atoms with Gasteiger partial charge in [0.25, 0.3) is 11.8 Å². The number of methoxy groups -OCH3 is 1. The van der Waals surface area contributed by atoms with Crippen molar-refractivity contribution in [2.24, 2.45) is 10.3 Å². The Bertz CT molecular complexity index is 884. The minimum Gasteiger partial charge on any atom is -0.497 e. The summed E-state index contributed by atoms with van der Waals surface area (Å²) in [5.74, 6) is -0.769. The van der Waals surface area contributed by atoms with Crippen molar-refractivity contribution in [3.8, 4) is 5.75 Å². The topological polar surface area (TPSA) is 74.6 Å². The van der Waals surface area contributed by atoms with Crippen LogP contribution in [0.1, 0.15) is 0 Å². The summed E-state index contributed by atoms with van der Waals surface area (Å²) in [5, 5.41) is 9.36. The molecule has 2 atom stereocenters. The van der Waals surface area contributed by atoms with Crippen LogP contribution in [-0.2, 0) is 9.59 Å². The first-order chi connectivity index (χ1) is 12.1. The monoisotopic (exact) mass is 340 g/mol. The average molecular weight is 340 g/mol. The number of halogens is 1. The van der Waals surface area contributed by atoms with Crippen molar-refractivity contribution < 1.29 is 18.7 Å². The summed E-state index contributed by atoms with van der Waals surface area (Å²) in [6.45, 7) is 0. The van der Waals surface area contributed by atoms with Gasteiger partial charge in [-0.3, -0.25) is 9.59 Å². The van der Waals surface area contributed by atoms with Crippen LogP contribution in [0.3, 0.4) is 0 Å². The van der Waals surface area contributed by atoms with Gasteiger partial charge in [-0.1, -0.05) is 11.3 Å². The summed E-state index contributed by atoms with van der Waals surface area (Å²) < 4.78 is 18.3. The molecule has 2 amide bonds. The Hall–Kier alpha value is -3.29. The van der Waals surface area contributed by atoms with Crippen molar-refractivity contribution >= 4 is 23.2 Å². The van der Waals surface area contributed by atoms with Gasteiger partial charge in [-0.05, 0) is 36.4 Å². The maximum atomic E-state index is 13.1. The standard InChI is InChI=1S/C17H13FN4O3/c1-25-13-4-2-3-12(9-13)22-15-14(19-20-22)16(23)21(17(15)24)11-7-5-10(18)6-8-11/h2-9,14-15H,1H3/t14-,15+/m0/s1. The lowest BCUT2D eigenvalue weighted by Crippen LogP contribution is -2.39. The number of carbonyl (C=O) groups excluding carboxylic acids is 2. The van der Waals surface area contributed by atoms with E-state index in [1.54, 1.807) is 24.3 Å². The van der Waals surface area contributed by atoms with Crippen LogP contribution in [0.15, 0.2) is 58.9 Å². The summed E-state index contributed by atoms with van der Waals surface area (Å²) in [4.78, 5) is 26.5. The Morgan fingerprint density at radius 1 is 1.04 bits per heavy atom. The minimum absolute atomic E-state index is 0.312. The molecule has 0 aliphatic carbocycles. The third-order valence-electron chi connectivity index (χ3n) is 4.18. The fourth-order valence-electron chi connectivity index (χ4n) is 2.97. The fraction of sp³-hybridized carbons (Fsp3) is 0.176. The Morgan fingerprint density at radius 3 is 2.52 bits per heavy atom. The molecule has 0 saturated carbocycles. The average Bonchev–Trinajstić information content (AvgIpc) is 3.17. The third kappa shape index (κ3) is 2.34. The number of rotatable bonds is 3. The lowest BCUT2D eigenvalue weighted by atomic mass is 10.1. The molecule has 2 aromatic carbocycles. The van der Waals surface area contributed by atoms with Gasteiger partial charge in [0, 0.05) is 6.07 Å². The number of anilines is 2. The summed E-state index contributed by atoms with van der Waals surface area (Å²) in [5.41, 5.74) is 0.907. The summed E-state index contributed by atoms with van der Waals surface area (Å²) >= 11 is 0. The molecule has 25 heavy (non-hydrogen) atoms. The van der Waals surface area contributed by atoms with E-state index in [1.807, 2.05) is 0 Å². The number of fused-ring (bicyclic) bond motifs is 1. The molecule has 7 nitrogen and oxygen atoms in total. The van der Waals surface area contributed by atoms with Crippen LogP contribution < -0.4 is 14.6 Å². The Kier molecular flexibility index (Phi) is 3.45. The van der Waals surface area contributed by atoms with E-state index >= 15 is 0 Å². The van der Waals surface area contributed by atoms with E-state index in [0.29, 0.717) is 17.1 Å². The highest BCUT2D eigenvalue weighted by molar-refractivity contribution is 6.26. The molecule has 0 aromatic heterocycles. The second kappa shape index (κ2) is 5.66. The zero-order valence-electron chi connectivity index (χ0n) is 13.2. The third-order valence-corrected chi connectivity index (χ3v) is 4.18. The zero-order valence-corrected chi connectivity index (χ0v) is 13.2. The van der Waals surface area contributed by atoms with Crippen molar-refractivity contribution in [3.05, 3.63) is 54.3 Å². The number of ether oxygens (including phenoxy) is 1. The molecule has 0 bridgehead atoms. The number of nitrogens with zero attached hydrogens (tertiary/aromatic N) is 4. The molecule has 0 spiro atoms. The first kappa shape index (κ1) is 15.3. The maximum Gasteiger partial charge on any atom is 0.263 e. The molecule has 4 rings (SSSR count). The van der Waals surface area contributed by atoms with Gasteiger partial charge >= 0.3 is 0 Å². The Morgan fingerprint density at radius 2 is 1.80 bits per heavy atom. The largest absolute Gasteiger partial charge is 0.497 e. The van der Waals surface area contributed by atoms with Gasteiger partial charge in [0.1, 0.15) is 11.6 Å². The molecule has 8 heteroatoms. The van der Waals surface area contributed by atoms with E-state index in [1.165, 1.54) is 36.4 Å². The molecule has 0 N–H and O–H groups in total. The normalized spacial score (nSPS) is 21.8. The number of imide groups is 1. The van der Waals surface area contributed by atoms with Crippen molar-refractivity contribution in [2.75, 3.05) is 17.0 Å². The molecule has 2 heterocycles. The Balaban J connectivity index is 1.69. The summed E-state index contributed by atoms with van der Waals surface area (Å²) in [6.07, 6.45) is 0. The molecule has 1 fully saturated rings. The van der Waals surface area contributed by atoms with Crippen molar-refractivity contribution in [1.29, 1.82) is 0 Å². The number of amides is 2. The first-order valence-electron chi connectivity index (χ1n) is 7.57. The van der Waals surface area contributed by atoms with E-state index < -0.39 is 29.7 Å². The van der Waals surface area contributed by atoms with Crippen LogP contribution in [0, 0.1) is 5.82 Å². The van der Waals surface area contributed by atoms with Crippen LogP contribution >= 0.6 is 0 Å². The van der Waals surface area contributed by atoms with Gasteiger partial charge in [0.15, 0.2) is 12.1 Å². The van der Waals surface area contributed by atoms with E-state index in [4.69, 9.17) is 4.74 Å². The summed E-state index contributed by atoms with van der Waals surface area (Å²) in [6, 6.07) is 10.4. The van der Waals surface area contributed by atoms with E-state index in [2.05, 4.69) is 10.3 Å². The minimum atomic E-state index is -0.913. The maximum absolute atomic E-state index is 13.1. The second-order valence-electron chi connectivity index (χ2n) is 5.63. The molecule has 0 radical (unpaired) electrons. The van der Waals surface area contributed by atoms with E-state index in [9.17, 15) is 14.0 Å². The number of benzene rings is 2. The fourth-order valence-corrected chi connectivity index (χ4v) is 2.97. The molecular weight excluding hydrogens is 327 g/mol. The van der Waals surface area contributed by atoms with Crippen molar-refractivity contribution in [2.45, 2.75) is 12.1 Å². The molecule has 2 aromatic rings. The molecule has 2 aliphatic rings. The predicted molar refractivity (Wildman–Crippen MR) is 86.8 cm³/mol. The highest BCUT2D eigenvalue weighted by atomic mass is 19.1. The van der Waals surface area contributed by atoms with Crippen LogP contribution in [-0.4, -0.2) is 31.0 Å². The van der Waals surface area contributed by atoms with Gasteiger partial charge in [-0.15, -0.1) is 0 Å². The van der Waals surface area contributed by atoms with Crippen LogP contribution in [0.5, 0.6) is 5.75 Å². The van der Waals surface area contributed by atoms with Gasteiger partial charge in [-0.2, -0.15) is 5.11 Å². The van der Waals surface area contributed by atoms with Crippen LogP contribution in [0.2, 0.25) is 0 Å². The quantitative estimate of drug-likeness (QED) is 0.804. The lowest BCUT2D eigenvalue weighted by molar-refractivity contribution is -0.121. The number of hydrogen-bond donors (Lipinski definition) is 0. The van der Waals surface area contributed by atoms with Gasteiger partial charge in [0.05, 0.1) is 18.5 Å². The molecule has 0 unspecified atom stereocenters. The molecule has 1 saturated heterocycles. The van der Waals surface area contributed by atoms with E-state index in [0.717, 1.165) is 4.90 Å². The van der Waals surface area contributed by atoms with Crippen molar-refractivity contribution in [3.63, 3.8) is 0 Å². The van der Waals surface area contributed by atoms with Crippen LogP contribution in [0.4, 0.5) is 15.8 Å². The van der Waals surface area contributed by atoms with E-state index in [-0.39, 0.29) is 0 Å². The summed E-state index contributed by atoms with van der Waals surface area (Å²) in [7, 11) is 1.54. The van der Waals surface area contributed by atoms with Gasteiger partial charge < -0.3 is 4.74 Å². The van der Waals surface area contributed by atoms with Crippen LogP contribution in [0.25, 0.3) is 0 Å². The SMILES string of the molecule is COc1cccc(N2N=N[C@@H]3C(=O)N(c4ccc(F)cc4)C(=O)[C@@H]32)c1. The highest BCUT2D eigenvalue weighted by Crippen LogP contribution is 2.35. The predicted octanol–water partition coefficient (Wildman–Crippen LogP) is 2.33. The molecule has 2 aliphatic heterocycles. The smallest absolute Gasteiger partial charge is 0.263 e. The van der Waals surface area contributed by atoms with Crippen molar-refractivity contribution in [1.82, 2.24) is 0 Å². The number of carbonyl (C=O) groups is 2. The van der Waals surface area contributed by atoms with Gasteiger partial charge in [0.2, 0.25) is 0 Å². The lowest BCUT2D eigenvalue weighted by Gasteiger charge is -2.21. The first-order valence-corrected chi connectivity index (χ1v) is 7.57. The zero-order chi connectivity index (χ0) is 17.6. The second-order valence-corrected chi connectivity index (χ2v) is 5.63. The highest BCUT2D eigenvalue weighted by Gasteiger charge is 2.55. The molecular formula is C17H13FN4O3. The number of hydrogen-bond acceptors (Lipinski definition) is 6. The molecule has 126 valence electrons. The van der Waals surface area contributed by atoms with Gasteiger partial charge in [-0.25, -0.2) is 14.3 Å².